The Balaban J connectivity index is 2.25. The maximum absolute atomic E-state index is 12.5. The highest BCUT2D eigenvalue weighted by atomic mass is 79.9. The quantitative estimate of drug-likeness (QED) is 0.874. The van der Waals surface area contributed by atoms with E-state index in [4.69, 9.17) is 9.47 Å². The highest BCUT2D eigenvalue weighted by Gasteiger charge is 2.29. The Morgan fingerprint density at radius 1 is 1.19 bits per heavy atom. The summed E-state index contributed by atoms with van der Waals surface area (Å²) in [6.45, 7) is 0. The van der Waals surface area contributed by atoms with Crippen LogP contribution in [0, 0.1) is 5.92 Å². The van der Waals surface area contributed by atoms with Crippen LogP contribution in [-0.4, -0.2) is 25.1 Å². The largest absolute Gasteiger partial charge is 0.493 e. The number of hydrogen-bond donors (Lipinski definition) is 1. The normalized spacial score (nSPS) is 17.3. The fraction of sp³-hybridized carbons (Fsp3) is 0.562. The number of ketones is 1. The summed E-state index contributed by atoms with van der Waals surface area (Å²) in [5.74, 6) is 0.938. The van der Waals surface area contributed by atoms with Gasteiger partial charge in [0.15, 0.2) is 17.3 Å². The lowest BCUT2D eigenvalue weighted by Gasteiger charge is -2.24. The molecule has 2 rings (SSSR count). The number of halogens is 1. The molecule has 0 aromatic heterocycles. The number of aliphatic hydroxyl groups excluding tert-OH is 1. The van der Waals surface area contributed by atoms with Gasteiger partial charge < -0.3 is 14.6 Å². The molecule has 0 bridgehead atoms. The fourth-order valence-corrected chi connectivity index (χ4v) is 3.38. The molecule has 1 N–H and O–H groups in total. The minimum atomic E-state index is -1.12. The molecule has 0 amide bonds. The lowest BCUT2D eigenvalue weighted by Crippen LogP contribution is -2.24. The van der Waals surface area contributed by atoms with Crippen LogP contribution in [0.15, 0.2) is 16.6 Å². The topological polar surface area (TPSA) is 55.8 Å². The van der Waals surface area contributed by atoms with E-state index in [0.717, 1.165) is 25.7 Å². The van der Waals surface area contributed by atoms with Crippen molar-refractivity contribution in [2.24, 2.45) is 5.92 Å². The molecule has 1 aliphatic carbocycles. The Kier molecular flexibility index (Phi) is 5.65. The van der Waals surface area contributed by atoms with Crippen LogP contribution in [0.2, 0.25) is 0 Å². The van der Waals surface area contributed by atoms with Crippen LogP contribution >= 0.6 is 15.9 Å². The van der Waals surface area contributed by atoms with Crippen LogP contribution in [0.4, 0.5) is 0 Å². The van der Waals surface area contributed by atoms with Gasteiger partial charge in [0, 0.05) is 16.0 Å². The highest BCUT2D eigenvalue weighted by molar-refractivity contribution is 9.10. The number of rotatable bonds is 5. The summed E-state index contributed by atoms with van der Waals surface area (Å²) in [6, 6.07) is 3.37. The molecular formula is C16H21BrO4. The van der Waals surface area contributed by atoms with E-state index in [-0.39, 0.29) is 11.7 Å². The standard InChI is InChI=1S/C16H21BrO4/c1-20-13-8-11(12(17)9-14(13)21-2)16(19)15(18)10-6-4-3-5-7-10/h8-10,16,19H,3-7H2,1-2H3. The molecule has 4 nitrogen and oxygen atoms in total. The van der Waals surface area contributed by atoms with E-state index in [1.54, 1.807) is 19.2 Å². The van der Waals surface area contributed by atoms with Crippen molar-refractivity contribution in [3.63, 3.8) is 0 Å². The van der Waals surface area contributed by atoms with E-state index in [0.29, 0.717) is 21.5 Å². The van der Waals surface area contributed by atoms with E-state index in [1.807, 2.05) is 0 Å². The number of methoxy groups -OCH3 is 2. The number of carbonyl (C=O) groups excluding carboxylic acids is 1. The van der Waals surface area contributed by atoms with Crippen LogP contribution in [0.1, 0.15) is 43.8 Å². The Bertz CT molecular complexity index is 509. The van der Waals surface area contributed by atoms with Crippen LogP contribution in [0.5, 0.6) is 11.5 Å². The van der Waals surface area contributed by atoms with E-state index in [9.17, 15) is 9.90 Å². The van der Waals surface area contributed by atoms with Crippen molar-refractivity contribution in [1.82, 2.24) is 0 Å². The third-order valence-electron chi connectivity index (χ3n) is 4.07. The van der Waals surface area contributed by atoms with Crippen LogP contribution in [0.25, 0.3) is 0 Å². The van der Waals surface area contributed by atoms with Gasteiger partial charge in [0.25, 0.3) is 0 Å². The van der Waals surface area contributed by atoms with Crippen molar-refractivity contribution in [2.75, 3.05) is 14.2 Å². The summed E-state index contributed by atoms with van der Waals surface area (Å²) in [6.07, 6.45) is 3.94. The van der Waals surface area contributed by atoms with Crippen LogP contribution in [-0.2, 0) is 4.79 Å². The molecule has 0 spiro atoms. The summed E-state index contributed by atoms with van der Waals surface area (Å²) >= 11 is 3.40. The number of carbonyl (C=O) groups is 1. The Labute approximate surface area is 133 Å². The minimum absolute atomic E-state index is 0.0336. The SMILES string of the molecule is COc1cc(Br)c(C(O)C(=O)C2CCCCC2)cc1OC. The molecular weight excluding hydrogens is 336 g/mol. The van der Waals surface area contributed by atoms with Crippen LogP contribution in [0.3, 0.4) is 0 Å². The first kappa shape index (κ1) is 16.3. The maximum atomic E-state index is 12.5. The number of ether oxygens (including phenoxy) is 2. The second kappa shape index (κ2) is 7.27. The molecule has 116 valence electrons. The zero-order valence-corrected chi connectivity index (χ0v) is 14.0. The molecule has 1 aromatic rings. The van der Waals surface area contributed by atoms with Gasteiger partial charge in [-0.2, -0.15) is 0 Å². The van der Waals surface area contributed by atoms with E-state index >= 15 is 0 Å². The smallest absolute Gasteiger partial charge is 0.168 e. The van der Waals surface area contributed by atoms with Crippen molar-refractivity contribution in [3.05, 3.63) is 22.2 Å². The molecule has 0 radical (unpaired) electrons. The molecule has 1 aromatic carbocycles. The molecule has 1 atom stereocenters. The first-order valence-corrected chi connectivity index (χ1v) is 8.01. The van der Waals surface area contributed by atoms with Gasteiger partial charge in [-0.15, -0.1) is 0 Å². The van der Waals surface area contributed by atoms with Gasteiger partial charge in [0.1, 0.15) is 6.10 Å². The van der Waals surface area contributed by atoms with Gasteiger partial charge in [0.05, 0.1) is 14.2 Å². The number of aliphatic hydroxyl groups is 1. The van der Waals surface area contributed by atoms with Gasteiger partial charge in [0.2, 0.25) is 0 Å². The molecule has 1 aliphatic rings. The fourth-order valence-electron chi connectivity index (χ4n) is 2.84. The monoisotopic (exact) mass is 356 g/mol. The van der Waals surface area contributed by atoms with Gasteiger partial charge >= 0.3 is 0 Å². The van der Waals surface area contributed by atoms with E-state index in [2.05, 4.69) is 15.9 Å². The Morgan fingerprint density at radius 3 is 2.33 bits per heavy atom. The number of Topliss-reactive ketones (excluding diaryl/α,β-unsaturated/α-hetero) is 1. The summed E-state index contributed by atoms with van der Waals surface area (Å²) in [5.41, 5.74) is 0.531. The lowest BCUT2D eigenvalue weighted by molar-refractivity contribution is -0.132. The number of benzene rings is 1. The second-order valence-corrected chi connectivity index (χ2v) is 6.22. The third-order valence-corrected chi connectivity index (χ3v) is 4.76. The zero-order chi connectivity index (χ0) is 15.4. The predicted octanol–water partition coefficient (Wildman–Crippen LogP) is 3.65. The maximum Gasteiger partial charge on any atom is 0.168 e. The van der Waals surface area contributed by atoms with E-state index in [1.165, 1.54) is 13.5 Å². The average Bonchev–Trinajstić information content (AvgIpc) is 2.54. The van der Waals surface area contributed by atoms with E-state index < -0.39 is 6.10 Å². The summed E-state index contributed by atoms with van der Waals surface area (Å²) in [4.78, 5) is 12.5. The molecule has 1 saturated carbocycles. The second-order valence-electron chi connectivity index (χ2n) is 5.37. The van der Waals surface area contributed by atoms with Crippen molar-refractivity contribution < 1.29 is 19.4 Å². The molecule has 0 saturated heterocycles. The van der Waals surface area contributed by atoms with Gasteiger partial charge in [-0.05, 0) is 25.0 Å². The summed E-state index contributed by atoms with van der Waals surface area (Å²) in [5, 5.41) is 10.4. The molecule has 5 heteroatoms. The Hall–Kier alpha value is -1.07. The molecule has 21 heavy (non-hydrogen) atoms. The van der Waals surface area contributed by atoms with Crippen molar-refractivity contribution in [2.45, 2.75) is 38.2 Å². The molecule has 1 unspecified atom stereocenters. The zero-order valence-electron chi connectivity index (χ0n) is 12.4. The van der Waals surface area contributed by atoms with Gasteiger partial charge in [-0.1, -0.05) is 35.2 Å². The van der Waals surface area contributed by atoms with Crippen LogP contribution < -0.4 is 9.47 Å². The average molecular weight is 357 g/mol. The van der Waals surface area contributed by atoms with Gasteiger partial charge in [-0.3, -0.25) is 4.79 Å². The first-order chi connectivity index (χ1) is 10.1. The van der Waals surface area contributed by atoms with Gasteiger partial charge in [-0.25, -0.2) is 0 Å². The van der Waals surface area contributed by atoms with Crippen molar-refractivity contribution in [3.8, 4) is 11.5 Å². The lowest BCUT2D eigenvalue weighted by atomic mass is 9.83. The Morgan fingerprint density at radius 2 is 1.76 bits per heavy atom. The van der Waals surface area contributed by atoms with Crippen molar-refractivity contribution >= 4 is 21.7 Å². The third kappa shape index (κ3) is 3.58. The summed E-state index contributed by atoms with van der Waals surface area (Å²) < 4.78 is 11.1. The molecule has 1 fully saturated rings. The predicted molar refractivity (Wildman–Crippen MR) is 83.8 cm³/mol. The summed E-state index contributed by atoms with van der Waals surface area (Å²) in [7, 11) is 3.08. The number of hydrogen-bond acceptors (Lipinski definition) is 4. The highest BCUT2D eigenvalue weighted by Crippen LogP contribution is 2.38. The first-order valence-electron chi connectivity index (χ1n) is 7.21. The minimum Gasteiger partial charge on any atom is -0.493 e. The molecule has 0 heterocycles. The molecule has 0 aliphatic heterocycles. The van der Waals surface area contributed by atoms with Crippen molar-refractivity contribution in [1.29, 1.82) is 0 Å².